The van der Waals surface area contributed by atoms with Crippen LogP contribution in [0.2, 0.25) is 0 Å². The van der Waals surface area contributed by atoms with Crippen LogP contribution in [0.3, 0.4) is 0 Å². The number of amides is 1. The van der Waals surface area contributed by atoms with Crippen molar-refractivity contribution in [2.45, 2.75) is 45.6 Å². The zero-order valence-electron chi connectivity index (χ0n) is 14.2. The molecule has 2 aromatic rings. The van der Waals surface area contributed by atoms with Crippen molar-refractivity contribution in [1.82, 2.24) is 10.3 Å². The number of carbonyl (C=O) groups is 1. The Morgan fingerprint density at radius 2 is 1.83 bits per heavy atom. The summed E-state index contributed by atoms with van der Waals surface area (Å²) < 4.78 is 0. The highest BCUT2D eigenvalue weighted by molar-refractivity contribution is 5.84. The van der Waals surface area contributed by atoms with Gasteiger partial charge in [-0.2, -0.15) is 0 Å². The van der Waals surface area contributed by atoms with Gasteiger partial charge in [-0.25, -0.2) is 0 Å². The van der Waals surface area contributed by atoms with Crippen LogP contribution in [0.1, 0.15) is 44.2 Å². The molecule has 3 nitrogen and oxygen atoms in total. The van der Waals surface area contributed by atoms with E-state index in [1.54, 1.807) is 12.4 Å². The molecule has 122 valence electrons. The van der Waals surface area contributed by atoms with Gasteiger partial charge >= 0.3 is 0 Å². The topological polar surface area (TPSA) is 42.0 Å². The Morgan fingerprint density at radius 3 is 2.43 bits per heavy atom. The normalized spacial score (nSPS) is 13.6. The van der Waals surface area contributed by atoms with Crippen LogP contribution in [0.15, 0.2) is 54.9 Å². The smallest absolute Gasteiger partial charge is 0.228 e. The summed E-state index contributed by atoms with van der Waals surface area (Å²) in [5.41, 5.74) is 2.29. The average molecular weight is 310 g/mol. The summed E-state index contributed by atoms with van der Waals surface area (Å²) in [6.45, 7) is 6.22. The first kappa shape index (κ1) is 17.2. The molecule has 3 heteroatoms. The largest absolute Gasteiger partial charge is 0.353 e. The summed E-state index contributed by atoms with van der Waals surface area (Å²) in [6.07, 6.45) is 5.44. The average Bonchev–Trinajstić information content (AvgIpc) is 2.54. The standard InChI is InChI=1S/C20H26N2O/c1-15(2)19(18-10-7-13-21-14-18)20(23)22-16(3)11-12-17-8-5-4-6-9-17/h4-10,13-16,19H,11-12H2,1-3H3,(H,22,23)/t16-,19+/m0/s1. The number of nitrogens with one attached hydrogen (secondary N) is 1. The van der Waals surface area contributed by atoms with E-state index in [4.69, 9.17) is 0 Å². The Balaban J connectivity index is 1.93. The Morgan fingerprint density at radius 1 is 1.09 bits per heavy atom. The van der Waals surface area contributed by atoms with Crippen molar-refractivity contribution < 1.29 is 4.79 Å². The van der Waals surface area contributed by atoms with Crippen LogP contribution in [0.5, 0.6) is 0 Å². The van der Waals surface area contributed by atoms with Gasteiger partial charge in [-0.15, -0.1) is 0 Å². The molecule has 1 aromatic carbocycles. The van der Waals surface area contributed by atoms with E-state index in [9.17, 15) is 4.79 Å². The molecule has 0 spiro atoms. The molecular formula is C20H26N2O. The van der Waals surface area contributed by atoms with Gasteiger partial charge in [-0.3, -0.25) is 9.78 Å². The van der Waals surface area contributed by atoms with Crippen LogP contribution < -0.4 is 5.32 Å². The minimum Gasteiger partial charge on any atom is -0.353 e. The van der Waals surface area contributed by atoms with Gasteiger partial charge in [0.2, 0.25) is 5.91 Å². The monoisotopic (exact) mass is 310 g/mol. The predicted molar refractivity (Wildman–Crippen MR) is 94.2 cm³/mol. The second-order valence-corrected chi connectivity index (χ2v) is 6.44. The molecule has 0 saturated heterocycles. The van der Waals surface area contributed by atoms with Gasteiger partial charge in [-0.1, -0.05) is 50.2 Å². The molecule has 0 unspecified atom stereocenters. The van der Waals surface area contributed by atoms with Crippen molar-refractivity contribution in [3.63, 3.8) is 0 Å². The first-order valence-electron chi connectivity index (χ1n) is 8.32. The first-order chi connectivity index (χ1) is 11.1. The Labute approximate surface area is 139 Å². The Bertz CT molecular complexity index is 596. The molecule has 1 N–H and O–H groups in total. The molecule has 0 aliphatic heterocycles. The summed E-state index contributed by atoms with van der Waals surface area (Å²) in [5, 5.41) is 3.16. The zero-order chi connectivity index (χ0) is 16.7. The fourth-order valence-corrected chi connectivity index (χ4v) is 2.83. The van der Waals surface area contributed by atoms with Crippen molar-refractivity contribution >= 4 is 5.91 Å². The highest BCUT2D eigenvalue weighted by atomic mass is 16.1. The van der Waals surface area contributed by atoms with Crippen molar-refractivity contribution in [3.8, 4) is 0 Å². The highest BCUT2D eigenvalue weighted by Crippen LogP contribution is 2.24. The maximum absolute atomic E-state index is 12.7. The van der Waals surface area contributed by atoms with Crippen LogP contribution in [0.4, 0.5) is 0 Å². The number of pyridine rings is 1. The number of nitrogens with zero attached hydrogens (tertiary/aromatic N) is 1. The second-order valence-electron chi connectivity index (χ2n) is 6.44. The third-order valence-corrected chi connectivity index (χ3v) is 4.09. The fraction of sp³-hybridized carbons (Fsp3) is 0.400. The first-order valence-corrected chi connectivity index (χ1v) is 8.32. The number of aromatic nitrogens is 1. The Kier molecular flexibility index (Phi) is 6.33. The van der Waals surface area contributed by atoms with Gasteiger partial charge in [0.1, 0.15) is 0 Å². The molecule has 23 heavy (non-hydrogen) atoms. The van der Waals surface area contributed by atoms with Gasteiger partial charge in [0.25, 0.3) is 0 Å². The molecule has 1 amide bonds. The van der Waals surface area contributed by atoms with Crippen LogP contribution in [0, 0.1) is 5.92 Å². The van der Waals surface area contributed by atoms with Crippen LogP contribution in [0.25, 0.3) is 0 Å². The predicted octanol–water partition coefficient (Wildman–Crippen LogP) is 3.96. The summed E-state index contributed by atoms with van der Waals surface area (Å²) in [5.74, 6) is 0.178. The van der Waals surface area contributed by atoms with E-state index in [1.165, 1.54) is 5.56 Å². The molecule has 0 aliphatic rings. The van der Waals surface area contributed by atoms with E-state index in [2.05, 4.69) is 55.3 Å². The van der Waals surface area contributed by atoms with Gasteiger partial charge in [0.05, 0.1) is 5.92 Å². The summed E-state index contributed by atoms with van der Waals surface area (Å²) in [6, 6.07) is 14.4. The number of aryl methyl sites for hydroxylation is 1. The minimum absolute atomic E-state index is 0.0913. The number of hydrogen-bond donors (Lipinski definition) is 1. The van der Waals surface area contributed by atoms with E-state index in [0.717, 1.165) is 18.4 Å². The second kappa shape index (κ2) is 8.47. The van der Waals surface area contributed by atoms with Crippen molar-refractivity contribution in [2.24, 2.45) is 5.92 Å². The van der Waals surface area contributed by atoms with E-state index in [1.807, 2.05) is 18.2 Å². The van der Waals surface area contributed by atoms with E-state index in [0.29, 0.717) is 0 Å². The minimum atomic E-state index is -0.150. The van der Waals surface area contributed by atoms with Crippen LogP contribution >= 0.6 is 0 Å². The molecule has 2 atom stereocenters. The molecule has 0 fully saturated rings. The third-order valence-electron chi connectivity index (χ3n) is 4.09. The van der Waals surface area contributed by atoms with Gasteiger partial charge in [0.15, 0.2) is 0 Å². The highest BCUT2D eigenvalue weighted by Gasteiger charge is 2.25. The van der Waals surface area contributed by atoms with Gasteiger partial charge < -0.3 is 5.32 Å². The van der Waals surface area contributed by atoms with Crippen molar-refractivity contribution in [3.05, 3.63) is 66.0 Å². The molecule has 1 aromatic heterocycles. The van der Waals surface area contributed by atoms with E-state index >= 15 is 0 Å². The fourth-order valence-electron chi connectivity index (χ4n) is 2.83. The number of benzene rings is 1. The summed E-state index contributed by atoms with van der Waals surface area (Å²) >= 11 is 0. The number of carbonyl (C=O) groups excluding carboxylic acids is 1. The maximum Gasteiger partial charge on any atom is 0.228 e. The SMILES string of the molecule is CC(C)[C@@H](C(=O)N[C@@H](C)CCc1ccccc1)c1cccnc1. The van der Waals surface area contributed by atoms with Crippen LogP contribution in [-0.2, 0) is 11.2 Å². The molecule has 1 heterocycles. The molecule has 0 bridgehead atoms. The van der Waals surface area contributed by atoms with E-state index < -0.39 is 0 Å². The van der Waals surface area contributed by atoms with Gasteiger partial charge in [0, 0.05) is 18.4 Å². The molecule has 2 rings (SSSR count). The lowest BCUT2D eigenvalue weighted by Crippen LogP contribution is -2.38. The lowest BCUT2D eigenvalue weighted by Gasteiger charge is -2.23. The lowest BCUT2D eigenvalue weighted by molar-refractivity contribution is -0.124. The molecule has 0 saturated carbocycles. The summed E-state index contributed by atoms with van der Waals surface area (Å²) in [7, 11) is 0. The summed E-state index contributed by atoms with van der Waals surface area (Å²) in [4.78, 5) is 16.8. The zero-order valence-corrected chi connectivity index (χ0v) is 14.2. The number of hydrogen-bond acceptors (Lipinski definition) is 2. The lowest BCUT2D eigenvalue weighted by atomic mass is 9.88. The Hall–Kier alpha value is -2.16. The van der Waals surface area contributed by atoms with Gasteiger partial charge in [-0.05, 0) is 42.9 Å². The molecule has 0 radical (unpaired) electrons. The van der Waals surface area contributed by atoms with E-state index in [-0.39, 0.29) is 23.8 Å². The maximum atomic E-state index is 12.7. The van der Waals surface area contributed by atoms with Crippen molar-refractivity contribution in [1.29, 1.82) is 0 Å². The van der Waals surface area contributed by atoms with Crippen LogP contribution in [-0.4, -0.2) is 16.9 Å². The van der Waals surface area contributed by atoms with Crippen molar-refractivity contribution in [2.75, 3.05) is 0 Å². The molecule has 0 aliphatic carbocycles. The quantitative estimate of drug-likeness (QED) is 0.841. The third kappa shape index (κ3) is 5.20. The number of rotatable bonds is 7. The molecular weight excluding hydrogens is 284 g/mol.